The molecule has 16 nitrogen and oxygen atoms in total. The van der Waals surface area contributed by atoms with E-state index < -0.39 is 84.6 Å². The van der Waals surface area contributed by atoms with Crippen LogP contribution in [-0.4, -0.2) is 90.9 Å². The van der Waals surface area contributed by atoms with Crippen molar-refractivity contribution in [2.75, 3.05) is 11.4 Å². The number of carbonyl (C=O) groups excluding carboxylic acids is 2. The molecular weight excluding hydrogens is 706 g/mol. The molecular formula is C32H31F4N5O11. The third kappa shape index (κ3) is 12.7. The second-order valence-corrected chi connectivity index (χ2v) is 10.8. The van der Waals surface area contributed by atoms with Crippen molar-refractivity contribution in [3.8, 4) is 12.3 Å². The fraction of sp³-hybridized carbons (Fsp3) is 0.312. The van der Waals surface area contributed by atoms with Gasteiger partial charge in [-0.15, -0.1) is 6.42 Å². The van der Waals surface area contributed by atoms with Crippen molar-refractivity contribution >= 4 is 52.3 Å². The summed E-state index contributed by atoms with van der Waals surface area (Å²) in [4.78, 5) is 88.5. The number of fused-ring (bicyclic) bond motifs is 1. The van der Waals surface area contributed by atoms with E-state index in [1.807, 2.05) is 0 Å². The van der Waals surface area contributed by atoms with Crippen LogP contribution < -0.4 is 21.1 Å². The number of aromatic amines is 1. The lowest BCUT2D eigenvalue weighted by Crippen LogP contribution is -2.44. The number of hydrogen-bond donors (Lipinski definition) is 7. The van der Waals surface area contributed by atoms with Crippen LogP contribution in [0.1, 0.15) is 47.4 Å². The molecule has 7 N–H and O–H groups in total. The number of aromatic nitrogens is 2. The van der Waals surface area contributed by atoms with Crippen molar-refractivity contribution in [2.45, 2.75) is 57.4 Å². The van der Waals surface area contributed by atoms with Crippen LogP contribution in [-0.2, 0) is 30.5 Å². The Morgan fingerprint density at radius 2 is 1.54 bits per heavy atom. The van der Waals surface area contributed by atoms with Crippen LogP contribution in [0.25, 0.3) is 10.9 Å². The van der Waals surface area contributed by atoms with Gasteiger partial charge in [-0.3, -0.25) is 19.2 Å². The van der Waals surface area contributed by atoms with E-state index in [9.17, 15) is 47.0 Å². The predicted octanol–water partition coefficient (Wildman–Crippen LogP) is 2.04. The zero-order chi connectivity index (χ0) is 39.3. The summed E-state index contributed by atoms with van der Waals surface area (Å²) >= 11 is 0. The summed E-state index contributed by atoms with van der Waals surface area (Å²) in [5.41, 5.74) is 0.699. The number of amides is 2. The summed E-state index contributed by atoms with van der Waals surface area (Å²) < 4.78 is 46.9. The molecule has 0 saturated heterocycles. The number of aryl methyl sites for hydroxylation is 1. The first-order valence-corrected chi connectivity index (χ1v) is 14.8. The smallest absolute Gasteiger partial charge is 0.481 e. The molecule has 0 aliphatic carbocycles. The minimum absolute atomic E-state index is 0.0493. The van der Waals surface area contributed by atoms with E-state index in [4.69, 9.17) is 26.5 Å². The summed E-state index contributed by atoms with van der Waals surface area (Å²) in [5, 5.41) is 39.2. The van der Waals surface area contributed by atoms with Crippen LogP contribution in [0.5, 0.6) is 0 Å². The van der Waals surface area contributed by atoms with Crippen LogP contribution in [0.4, 0.5) is 23.2 Å². The third-order valence-electron chi connectivity index (χ3n) is 6.89. The number of H-pyrrole nitrogens is 1. The number of nitrogens with one attached hydrogen (secondary N) is 3. The Morgan fingerprint density at radius 3 is 2.08 bits per heavy atom. The number of alkyl halides is 3. The van der Waals surface area contributed by atoms with Gasteiger partial charge in [-0.05, 0) is 55.7 Å². The normalized spacial score (nSPS) is 11.9. The van der Waals surface area contributed by atoms with E-state index in [-0.39, 0.29) is 25.1 Å². The molecule has 52 heavy (non-hydrogen) atoms. The van der Waals surface area contributed by atoms with Gasteiger partial charge in [0.2, 0.25) is 5.91 Å². The third-order valence-corrected chi connectivity index (χ3v) is 6.89. The molecule has 20 heteroatoms. The predicted molar refractivity (Wildman–Crippen MR) is 172 cm³/mol. The summed E-state index contributed by atoms with van der Waals surface area (Å²) in [6, 6.07) is 5.56. The van der Waals surface area contributed by atoms with Gasteiger partial charge >= 0.3 is 30.1 Å². The van der Waals surface area contributed by atoms with Gasteiger partial charge in [0, 0.05) is 25.1 Å². The average Bonchev–Trinajstić information content (AvgIpc) is 3.04. The number of carbonyl (C=O) groups is 6. The Balaban J connectivity index is 0.00000121. The fourth-order valence-electron chi connectivity index (χ4n) is 4.42. The fourth-order valence-corrected chi connectivity index (χ4v) is 4.42. The molecule has 0 unspecified atom stereocenters. The molecule has 0 saturated carbocycles. The van der Waals surface area contributed by atoms with E-state index >= 15 is 4.39 Å². The van der Waals surface area contributed by atoms with Crippen molar-refractivity contribution in [1.29, 1.82) is 0 Å². The number of anilines is 1. The summed E-state index contributed by atoms with van der Waals surface area (Å²) in [5.74, 6) is -6.99. The van der Waals surface area contributed by atoms with Crippen LogP contribution in [0.2, 0.25) is 0 Å². The number of terminal acetylenes is 1. The van der Waals surface area contributed by atoms with Gasteiger partial charge in [0.1, 0.15) is 23.7 Å². The van der Waals surface area contributed by atoms with Crippen molar-refractivity contribution in [1.82, 2.24) is 20.6 Å². The highest BCUT2D eigenvalue weighted by Crippen LogP contribution is 2.22. The maximum Gasteiger partial charge on any atom is 0.490 e. The molecule has 3 aromatic rings. The molecule has 0 aliphatic heterocycles. The number of halogens is 4. The number of carboxylic acid groups (broad SMARTS) is 4. The molecule has 0 bridgehead atoms. The SMILES string of the molecule is C#CCN(Cc1ccc2nc(C)[nH]c(=O)c2c1)c1ccc(C(=O)N[C@@H](CCC(=O)N[C@H](CCC(=O)O)C(=O)O)C(=O)O)c(F)c1.O=C(O)C(F)(F)F. The molecule has 0 radical (unpaired) electrons. The van der Waals surface area contributed by atoms with E-state index in [1.165, 1.54) is 6.07 Å². The molecule has 1 aromatic heterocycles. The number of rotatable bonds is 15. The second-order valence-electron chi connectivity index (χ2n) is 10.8. The molecule has 3 rings (SSSR count). The number of carboxylic acids is 4. The van der Waals surface area contributed by atoms with Crippen LogP contribution >= 0.6 is 0 Å². The van der Waals surface area contributed by atoms with Crippen molar-refractivity contribution < 1.29 is 66.8 Å². The zero-order valence-corrected chi connectivity index (χ0v) is 27.0. The molecule has 1 heterocycles. The minimum Gasteiger partial charge on any atom is -0.481 e. The summed E-state index contributed by atoms with van der Waals surface area (Å²) in [6.45, 7) is 1.89. The van der Waals surface area contributed by atoms with E-state index in [0.29, 0.717) is 28.0 Å². The van der Waals surface area contributed by atoms with Gasteiger partial charge in [-0.1, -0.05) is 12.0 Å². The molecule has 2 atom stereocenters. The number of aliphatic carboxylic acids is 4. The molecule has 0 spiro atoms. The van der Waals surface area contributed by atoms with Gasteiger partial charge in [0.25, 0.3) is 11.5 Å². The van der Waals surface area contributed by atoms with Crippen LogP contribution in [0.15, 0.2) is 41.2 Å². The van der Waals surface area contributed by atoms with Gasteiger partial charge < -0.3 is 40.9 Å². The quantitative estimate of drug-likeness (QED) is 0.0872. The van der Waals surface area contributed by atoms with E-state index in [0.717, 1.165) is 12.1 Å². The molecule has 0 aliphatic rings. The van der Waals surface area contributed by atoms with Gasteiger partial charge in [0.05, 0.1) is 23.0 Å². The molecule has 278 valence electrons. The first-order valence-electron chi connectivity index (χ1n) is 14.8. The highest BCUT2D eigenvalue weighted by molar-refractivity contribution is 5.97. The molecule has 0 fully saturated rings. The first-order chi connectivity index (χ1) is 24.2. The summed E-state index contributed by atoms with van der Waals surface area (Å²) in [6.07, 6.45) is -1.45. The maximum atomic E-state index is 15.2. The van der Waals surface area contributed by atoms with Crippen LogP contribution in [0.3, 0.4) is 0 Å². The van der Waals surface area contributed by atoms with Gasteiger partial charge in [-0.25, -0.2) is 23.8 Å². The van der Waals surface area contributed by atoms with Crippen molar-refractivity contribution in [3.05, 3.63) is 69.5 Å². The Bertz CT molecular complexity index is 1940. The Hall–Kier alpha value is -6.52. The first kappa shape index (κ1) is 41.7. The molecule has 2 amide bonds. The van der Waals surface area contributed by atoms with E-state index in [1.54, 1.807) is 30.0 Å². The lowest BCUT2D eigenvalue weighted by Gasteiger charge is -2.23. The monoisotopic (exact) mass is 737 g/mol. The van der Waals surface area contributed by atoms with Gasteiger partial charge in [0.15, 0.2) is 0 Å². The van der Waals surface area contributed by atoms with Gasteiger partial charge in [-0.2, -0.15) is 13.2 Å². The number of hydrogen-bond acceptors (Lipinski definition) is 9. The van der Waals surface area contributed by atoms with E-state index in [2.05, 4.69) is 26.5 Å². The Labute approximate surface area is 290 Å². The van der Waals surface area contributed by atoms with Crippen molar-refractivity contribution in [2.24, 2.45) is 0 Å². The van der Waals surface area contributed by atoms with Crippen molar-refractivity contribution in [3.63, 3.8) is 0 Å². The largest absolute Gasteiger partial charge is 0.490 e. The molecule has 2 aromatic carbocycles. The number of benzene rings is 2. The minimum atomic E-state index is -5.08. The second kappa shape index (κ2) is 18.5. The maximum absolute atomic E-state index is 15.2. The Kier molecular flexibility index (Phi) is 14.8. The highest BCUT2D eigenvalue weighted by Gasteiger charge is 2.38. The average molecular weight is 738 g/mol. The standard InChI is InChI=1S/C30H30FN5O9.C2HF3O2/c1-3-12-36(15-17-4-7-22-20(13-17)28(41)33-16(2)32-22)18-5-6-19(21(31)14-18)27(40)35-24(30(44)45)8-10-25(37)34-23(29(42)43)9-11-26(38)39;3-2(4,5)1(6)7/h1,4-7,13-14,23-24H,8-12,15H2,2H3,(H,34,37)(H,35,40)(H,38,39)(H,42,43)(H,44,45)(H,32,33,41);(H,6,7)/t23-,24+;/m1./s1. The summed E-state index contributed by atoms with van der Waals surface area (Å²) in [7, 11) is 0. The van der Waals surface area contributed by atoms with Crippen LogP contribution in [0, 0.1) is 25.1 Å². The lowest BCUT2D eigenvalue weighted by atomic mass is 10.1. The highest BCUT2D eigenvalue weighted by atomic mass is 19.4. The Morgan fingerprint density at radius 1 is 0.942 bits per heavy atom. The zero-order valence-electron chi connectivity index (χ0n) is 27.0. The number of nitrogens with zero attached hydrogens (tertiary/aromatic N) is 2. The topological polar surface area (TPSA) is 256 Å². The lowest BCUT2D eigenvalue weighted by molar-refractivity contribution is -0.192.